The van der Waals surface area contributed by atoms with Crippen LogP contribution in [0.4, 0.5) is 8.78 Å². The Morgan fingerprint density at radius 1 is 0.452 bits per heavy atom. The van der Waals surface area contributed by atoms with Gasteiger partial charge in [0.25, 0.3) is 5.92 Å². The Hall–Kier alpha value is -0.260. The largest absolute Gasteiger partial charge is 0.298 e. The van der Waals surface area contributed by atoms with Crippen molar-refractivity contribution in [3.8, 4) is 0 Å². The second-order valence-corrected chi connectivity index (χ2v) is 12.6. The zero-order chi connectivity index (χ0) is 23.9. The zero-order valence-corrected chi connectivity index (χ0v) is 22.3. The number of hydrogen-bond acceptors (Lipinski definition) is 3. The van der Waals surface area contributed by atoms with Gasteiger partial charge in [0, 0.05) is 42.5 Å². The van der Waals surface area contributed by atoms with E-state index in [1.807, 2.05) is 0 Å². The molecule has 3 saturated heterocycles. The van der Waals surface area contributed by atoms with Crippen LogP contribution < -0.4 is 0 Å². The molecule has 3 aliphatic rings. The molecular formula is C26H53F2N3. The molecule has 3 fully saturated rings. The van der Waals surface area contributed by atoms with Crippen LogP contribution in [-0.4, -0.2) is 76.5 Å². The minimum absolute atomic E-state index is 0.0181. The minimum atomic E-state index is -2.41. The zero-order valence-electron chi connectivity index (χ0n) is 22.3. The Labute approximate surface area is 192 Å². The summed E-state index contributed by atoms with van der Waals surface area (Å²) < 4.78 is 25.5. The number of rotatable bonds is 0. The fraction of sp³-hybridized carbons (Fsp3) is 1.00. The van der Waals surface area contributed by atoms with Crippen molar-refractivity contribution < 1.29 is 8.78 Å². The lowest BCUT2D eigenvalue weighted by atomic mass is 9.99. The lowest BCUT2D eigenvalue weighted by Gasteiger charge is -2.40. The van der Waals surface area contributed by atoms with Crippen LogP contribution in [0, 0.1) is 0 Å². The van der Waals surface area contributed by atoms with Gasteiger partial charge in [0.15, 0.2) is 0 Å². The van der Waals surface area contributed by atoms with E-state index in [-0.39, 0.29) is 18.4 Å². The van der Waals surface area contributed by atoms with Gasteiger partial charge in [0.2, 0.25) is 0 Å². The van der Waals surface area contributed by atoms with Crippen LogP contribution in [-0.2, 0) is 0 Å². The summed E-state index contributed by atoms with van der Waals surface area (Å²) in [4.78, 5) is 7.24. The average molecular weight is 446 g/mol. The fourth-order valence-electron chi connectivity index (χ4n) is 4.46. The SMILES string of the molecule is CC(C)(C)N1CCC(F)(F)CC1.CC(C)(C)N1CCCC1.CC(C)(C)N1CCCCC1. The van der Waals surface area contributed by atoms with Gasteiger partial charge in [-0.1, -0.05) is 6.42 Å². The first kappa shape index (κ1) is 28.8. The second-order valence-electron chi connectivity index (χ2n) is 12.6. The number of halogens is 2. The van der Waals surface area contributed by atoms with E-state index >= 15 is 0 Å². The molecule has 0 aromatic rings. The van der Waals surface area contributed by atoms with Crippen LogP contribution >= 0.6 is 0 Å². The highest BCUT2D eigenvalue weighted by molar-refractivity contribution is 4.84. The fourth-order valence-corrected chi connectivity index (χ4v) is 4.46. The number of nitrogens with zero attached hydrogens (tertiary/aromatic N) is 3. The quantitative estimate of drug-likeness (QED) is 0.412. The van der Waals surface area contributed by atoms with Crippen LogP contribution in [0.15, 0.2) is 0 Å². The molecule has 3 nitrogen and oxygen atoms in total. The first-order chi connectivity index (χ1) is 14.0. The Morgan fingerprint density at radius 2 is 0.710 bits per heavy atom. The maximum absolute atomic E-state index is 12.7. The van der Waals surface area contributed by atoms with Gasteiger partial charge < -0.3 is 0 Å². The minimum Gasteiger partial charge on any atom is -0.298 e. The van der Waals surface area contributed by atoms with Gasteiger partial charge in [-0.2, -0.15) is 0 Å². The van der Waals surface area contributed by atoms with Crippen LogP contribution in [0.3, 0.4) is 0 Å². The molecule has 0 saturated carbocycles. The van der Waals surface area contributed by atoms with Crippen LogP contribution in [0.25, 0.3) is 0 Å². The summed E-state index contributed by atoms with van der Waals surface area (Å²) in [5, 5.41) is 0. The molecule has 0 bridgehead atoms. The van der Waals surface area contributed by atoms with Gasteiger partial charge in [-0.25, -0.2) is 8.78 Å². The Balaban J connectivity index is 0.000000235. The lowest BCUT2D eigenvalue weighted by Crippen LogP contribution is -2.48. The van der Waals surface area contributed by atoms with E-state index < -0.39 is 5.92 Å². The summed E-state index contributed by atoms with van der Waals surface area (Å²) in [6.45, 7) is 26.3. The summed E-state index contributed by atoms with van der Waals surface area (Å²) in [6, 6.07) is 0. The molecule has 3 rings (SSSR count). The van der Waals surface area contributed by atoms with Gasteiger partial charge >= 0.3 is 0 Å². The van der Waals surface area contributed by atoms with Crippen molar-refractivity contribution in [1.82, 2.24) is 14.7 Å². The number of hydrogen-bond donors (Lipinski definition) is 0. The van der Waals surface area contributed by atoms with E-state index in [9.17, 15) is 8.78 Å². The first-order valence-corrected chi connectivity index (χ1v) is 12.7. The predicted molar refractivity (Wildman–Crippen MR) is 131 cm³/mol. The molecular weight excluding hydrogens is 392 g/mol. The summed E-state index contributed by atoms with van der Waals surface area (Å²) in [6.07, 6.45) is 7.07. The number of alkyl halides is 2. The van der Waals surface area contributed by atoms with Crippen LogP contribution in [0.5, 0.6) is 0 Å². The van der Waals surface area contributed by atoms with E-state index in [4.69, 9.17) is 0 Å². The average Bonchev–Trinajstić information content (AvgIpc) is 3.17. The molecule has 186 valence electrons. The summed E-state index contributed by atoms with van der Waals surface area (Å²) >= 11 is 0. The summed E-state index contributed by atoms with van der Waals surface area (Å²) in [5.41, 5.74) is 0.855. The normalized spacial score (nSPS) is 24.1. The highest BCUT2D eigenvalue weighted by Crippen LogP contribution is 2.30. The van der Waals surface area contributed by atoms with Gasteiger partial charge in [-0.3, -0.25) is 14.7 Å². The standard InChI is InChI=1S/C9H17F2N.C9H19N.C8H17N/c1-8(2,3)12-6-4-9(10,11)5-7-12;1-9(2,3)10-7-5-4-6-8-10;1-8(2,3)9-6-4-5-7-9/h4-7H2,1-3H3;4-8H2,1-3H3;4-7H2,1-3H3. The van der Waals surface area contributed by atoms with Crippen LogP contribution in [0.1, 0.15) is 107 Å². The molecule has 0 spiro atoms. The van der Waals surface area contributed by atoms with Crippen molar-refractivity contribution in [3.63, 3.8) is 0 Å². The van der Waals surface area contributed by atoms with Gasteiger partial charge in [0.05, 0.1) is 0 Å². The van der Waals surface area contributed by atoms with Crippen molar-refractivity contribution in [2.24, 2.45) is 0 Å². The van der Waals surface area contributed by atoms with Crippen LogP contribution in [0.2, 0.25) is 0 Å². The molecule has 3 aliphatic heterocycles. The van der Waals surface area contributed by atoms with E-state index in [1.165, 1.54) is 58.3 Å². The summed E-state index contributed by atoms with van der Waals surface area (Å²) in [5.74, 6) is -2.41. The monoisotopic (exact) mass is 445 g/mol. The highest BCUT2D eigenvalue weighted by Gasteiger charge is 2.37. The van der Waals surface area contributed by atoms with Crippen molar-refractivity contribution >= 4 is 0 Å². The van der Waals surface area contributed by atoms with Gasteiger partial charge in [-0.15, -0.1) is 0 Å². The van der Waals surface area contributed by atoms with Crippen molar-refractivity contribution in [1.29, 1.82) is 0 Å². The molecule has 5 heteroatoms. The second kappa shape index (κ2) is 11.7. The lowest BCUT2D eigenvalue weighted by molar-refractivity contribution is -0.0712. The van der Waals surface area contributed by atoms with Crippen molar-refractivity contribution in [2.75, 3.05) is 39.3 Å². The highest BCUT2D eigenvalue weighted by atomic mass is 19.3. The van der Waals surface area contributed by atoms with E-state index in [1.54, 1.807) is 0 Å². The topological polar surface area (TPSA) is 9.72 Å². The third kappa shape index (κ3) is 11.4. The van der Waals surface area contributed by atoms with Crippen molar-refractivity contribution in [3.05, 3.63) is 0 Å². The maximum atomic E-state index is 12.7. The third-order valence-electron chi connectivity index (χ3n) is 6.80. The molecule has 0 N–H and O–H groups in total. The molecule has 0 radical (unpaired) electrons. The van der Waals surface area contributed by atoms with Gasteiger partial charge in [-0.05, 0) is 114 Å². The van der Waals surface area contributed by atoms with E-state index in [0.29, 0.717) is 24.2 Å². The number of piperidine rings is 2. The molecule has 31 heavy (non-hydrogen) atoms. The smallest absolute Gasteiger partial charge is 0.250 e. The molecule has 0 unspecified atom stereocenters. The van der Waals surface area contributed by atoms with E-state index in [2.05, 4.69) is 77.0 Å². The Kier molecular flexibility index (Phi) is 10.9. The molecule has 0 aromatic carbocycles. The van der Waals surface area contributed by atoms with Crippen molar-refractivity contribution in [2.45, 2.75) is 130 Å². The van der Waals surface area contributed by atoms with E-state index in [0.717, 1.165) is 0 Å². The Morgan fingerprint density at radius 3 is 0.968 bits per heavy atom. The number of likely N-dealkylation sites (tertiary alicyclic amines) is 3. The maximum Gasteiger partial charge on any atom is 0.250 e. The molecule has 3 heterocycles. The first-order valence-electron chi connectivity index (χ1n) is 12.7. The predicted octanol–water partition coefficient (Wildman–Crippen LogP) is 6.67. The molecule has 0 aromatic heterocycles. The summed E-state index contributed by atoms with van der Waals surface area (Å²) in [7, 11) is 0. The van der Waals surface area contributed by atoms with Gasteiger partial charge in [0.1, 0.15) is 0 Å². The molecule has 0 amide bonds. The third-order valence-corrected chi connectivity index (χ3v) is 6.80. The molecule has 0 aliphatic carbocycles. The molecule has 0 atom stereocenters. The Bertz CT molecular complexity index is 478.